The highest BCUT2D eigenvalue weighted by molar-refractivity contribution is 7.13. The van der Waals surface area contributed by atoms with E-state index in [1.54, 1.807) is 5.51 Å². The van der Waals surface area contributed by atoms with Crippen LogP contribution in [-0.2, 0) is 0 Å². The van der Waals surface area contributed by atoms with Gasteiger partial charge in [-0.15, -0.1) is 10.2 Å². The highest BCUT2D eigenvalue weighted by Crippen LogP contribution is 2.10. The van der Waals surface area contributed by atoms with Gasteiger partial charge in [0, 0.05) is 25.7 Å². The molecule has 1 aliphatic heterocycles. The lowest BCUT2D eigenvalue weighted by Gasteiger charge is -2.31. The fourth-order valence-corrected chi connectivity index (χ4v) is 1.86. The smallest absolute Gasteiger partial charge is 0.219 e. The molecule has 72 valence electrons. The fraction of sp³-hybridized carbons (Fsp3) is 0.714. The second kappa shape index (κ2) is 3.99. The van der Waals surface area contributed by atoms with E-state index in [2.05, 4.69) is 32.9 Å². The average Bonchev–Trinajstić information content (AvgIpc) is 2.57. The molecule has 0 radical (unpaired) electrons. The second-order valence-electron chi connectivity index (χ2n) is 3.16. The van der Waals surface area contributed by atoms with E-state index in [0.717, 1.165) is 24.8 Å². The summed E-state index contributed by atoms with van der Waals surface area (Å²) in [5.41, 5.74) is 4.96. The number of hydrogen-bond donors (Lipinski definition) is 2. The zero-order chi connectivity index (χ0) is 9.10. The van der Waals surface area contributed by atoms with E-state index >= 15 is 0 Å². The van der Waals surface area contributed by atoms with Crippen molar-refractivity contribution in [3.63, 3.8) is 0 Å². The van der Waals surface area contributed by atoms with Gasteiger partial charge >= 0.3 is 0 Å². The van der Waals surface area contributed by atoms with E-state index in [-0.39, 0.29) is 0 Å². The van der Waals surface area contributed by atoms with Crippen molar-refractivity contribution in [3.8, 4) is 0 Å². The van der Waals surface area contributed by atoms with Crippen molar-refractivity contribution in [1.82, 2.24) is 20.5 Å². The number of nitrogens with zero attached hydrogens (tertiary/aromatic N) is 3. The van der Waals surface area contributed by atoms with Gasteiger partial charge in [0.1, 0.15) is 5.51 Å². The van der Waals surface area contributed by atoms with Crippen LogP contribution in [0.4, 0.5) is 5.13 Å². The topological polar surface area (TPSA) is 53.1 Å². The first-order valence-corrected chi connectivity index (χ1v) is 5.24. The summed E-state index contributed by atoms with van der Waals surface area (Å²) in [6.07, 6.45) is 0. The molecule has 1 aliphatic rings. The van der Waals surface area contributed by atoms with Gasteiger partial charge in [-0.1, -0.05) is 11.3 Å². The minimum absolute atomic E-state index is 0.536. The minimum Gasteiger partial charge on any atom is -0.312 e. The maximum absolute atomic E-state index is 3.93. The summed E-state index contributed by atoms with van der Waals surface area (Å²) in [5, 5.41) is 14.1. The van der Waals surface area contributed by atoms with Crippen molar-refractivity contribution in [3.05, 3.63) is 5.51 Å². The number of anilines is 1. The molecule has 0 aromatic carbocycles. The van der Waals surface area contributed by atoms with Gasteiger partial charge in [-0.2, -0.15) is 0 Å². The van der Waals surface area contributed by atoms with E-state index in [4.69, 9.17) is 0 Å². The molecule has 1 fully saturated rings. The summed E-state index contributed by atoms with van der Waals surface area (Å²) in [5.74, 6) is 0. The molecule has 0 saturated carbocycles. The Labute approximate surface area is 81.1 Å². The molecule has 13 heavy (non-hydrogen) atoms. The van der Waals surface area contributed by atoms with Crippen LogP contribution in [0.25, 0.3) is 0 Å². The highest BCUT2D eigenvalue weighted by atomic mass is 32.1. The van der Waals surface area contributed by atoms with E-state index < -0.39 is 0 Å². The molecule has 0 spiro atoms. The molecule has 5 nitrogen and oxygen atoms in total. The van der Waals surface area contributed by atoms with E-state index in [9.17, 15) is 0 Å². The summed E-state index contributed by atoms with van der Waals surface area (Å²) in [6.45, 7) is 5.20. The Morgan fingerprint density at radius 1 is 1.77 bits per heavy atom. The van der Waals surface area contributed by atoms with Gasteiger partial charge in [0.25, 0.3) is 0 Å². The quantitative estimate of drug-likeness (QED) is 0.710. The molecule has 2 N–H and O–H groups in total. The third-order valence-corrected chi connectivity index (χ3v) is 2.58. The Morgan fingerprint density at radius 3 is 3.38 bits per heavy atom. The van der Waals surface area contributed by atoms with Crippen LogP contribution in [0, 0.1) is 0 Å². The molecule has 2 rings (SSSR count). The van der Waals surface area contributed by atoms with Crippen LogP contribution in [0.5, 0.6) is 0 Å². The number of hydrazine groups is 1. The van der Waals surface area contributed by atoms with Gasteiger partial charge in [-0.05, 0) is 6.92 Å². The first kappa shape index (κ1) is 8.86. The summed E-state index contributed by atoms with van der Waals surface area (Å²) in [4.78, 5) is 0. The molecule has 0 amide bonds. The molecule has 1 aromatic heterocycles. The van der Waals surface area contributed by atoms with Gasteiger partial charge in [0.05, 0.1) is 0 Å². The minimum atomic E-state index is 0.536. The van der Waals surface area contributed by atoms with Crippen LogP contribution in [0.3, 0.4) is 0 Å². The van der Waals surface area contributed by atoms with E-state index in [1.807, 2.05) is 0 Å². The lowest BCUT2D eigenvalue weighted by molar-refractivity contribution is 0.245. The summed E-state index contributed by atoms with van der Waals surface area (Å²) in [6, 6.07) is 0.536. The molecule has 0 aliphatic carbocycles. The third kappa shape index (κ3) is 2.36. The van der Waals surface area contributed by atoms with Crippen LogP contribution in [0.2, 0.25) is 0 Å². The monoisotopic (exact) mass is 199 g/mol. The lowest BCUT2D eigenvalue weighted by Crippen LogP contribution is -2.51. The number of rotatable bonds is 2. The molecule has 1 atom stereocenters. The summed E-state index contributed by atoms with van der Waals surface area (Å²) in [7, 11) is 0. The number of aromatic nitrogens is 2. The van der Waals surface area contributed by atoms with Crippen LogP contribution in [0.15, 0.2) is 5.51 Å². The normalized spacial score (nSPS) is 24.5. The van der Waals surface area contributed by atoms with Crippen LogP contribution < -0.4 is 10.7 Å². The van der Waals surface area contributed by atoms with Crippen molar-refractivity contribution >= 4 is 16.5 Å². The second-order valence-corrected chi connectivity index (χ2v) is 3.99. The Balaban J connectivity index is 1.87. The molecular weight excluding hydrogens is 186 g/mol. The molecule has 1 saturated heterocycles. The Bertz CT molecular complexity index is 249. The van der Waals surface area contributed by atoms with E-state index in [1.165, 1.54) is 11.3 Å². The Morgan fingerprint density at radius 2 is 2.69 bits per heavy atom. The summed E-state index contributed by atoms with van der Waals surface area (Å²) >= 11 is 1.52. The maximum Gasteiger partial charge on any atom is 0.219 e. The Hall–Kier alpha value is -0.720. The van der Waals surface area contributed by atoms with Crippen molar-refractivity contribution in [2.75, 3.05) is 25.1 Å². The highest BCUT2D eigenvalue weighted by Gasteiger charge is 2.15. The van der Waals surface area contributed by atoms with Crippen molar-refractivity contribution in [1.29, 1.82) is 0 Å². The molecule has 6 heteroatoms. The standard InChI is InChI=1S/C7H13N5S/c1-6-4-12(3-2-8-6)11-7-10-9-5-13-7/h5-6,8H,2-4H2,1H3,(H,10,11). The number of nitrogens with one attached hydrogen (secondary N) is 2. The van der Waals surface area contributed by atoms with Crippen molar-refractivity contribution < 1.29 is 0 Å². The largest absolute Gasteiger partial charge is 0.312 e. The molecule has 0 bridgehead atoms. The van der Waals surface area contributed by atoms with Gasteiger partial charge in [-0.25, -0.2) is 5.01 Å². The molecule has 1 aromatic rings. The Kier molecular flexibility index (Phi) is 2.72. The number of hydrogen-bond acceptors (Lipinski definition) is 6. The van der Waals surface area contributed by atoms with Crippen LogP contribution in [-0.4, -0.2) is 40.9 Å². The van der Waals surface area contributed by atoms with Gasteiger partial charge in [0.15, 0.2) is 0 Å². The molecule has 1 unspecified atom stereocenters. The third-order valence-electron chi connectivity index (χ3n) is 1.98. The van der Waals surface area contributed by atoms with Crippen LogP contribution in [0.1, 0.15) is 6.92 Å². The lowest BCUT2D eigenvalue weighted by atomic mass is 10.3. The predicted octanol–water partition coefficient (Wildman–Crippen LogP) is 0.159. The summed E-state index contributed by atoms with van der Waals surface area (Å²) < 4.78 is 0. The predicted molar refractivity (Wildman–Crippen MR) is 52.6 cm³/mol. The number of piperazine rings is 1. The van der Waals surface area contributed by atoms with Gasteiger partial charge in [0.2, 0.25) is 5.13 Å². The van der Waals surface area contributed by atoms with Crippen molar-refractivity contribution in [2.24, 2.45) is 0 Å². The first-order valence-electron chi connectivity index (χ1n) is 4.36. The molecule has 2 heterocycles. The SMILES string of the molecule is CC1CN(Nc2nncs2)CCN1. The first-order chi connectivity index (χ1) is 6.34. The van der Waals surface area contributed by atoms with Gasteiger partial charge in [-0.3, -0.25) is 5.43 Å². The van der Waals surface area contributed by atoms with Crippen molar-refractivity contribution in [2.45, 2.75) is 13.0 Å². The zero-order valence-corrected chi connectivity index (χ0v) is 8.34. The zero-order valence-electron chi connectivity index (χ0n) is 7.53. The average molecular weight is 199 g/mol. The van der Waals surface area contributed by atoms with Crippen LogP contribution >= 0.6 is 11.3 Å². The maximum atomic E-state index is 3.93. The fourth-order valence-electron chi connectivity index (χ4n) is 1.39. The molecular formula is C7H13N5S. The van der Waals surface area contributed by atoms with Gasteiger partial charge < -0.3 is 5.32 Å². The van der Waals surface area contributed by atoms with E-state index in [0.29, 0.717) is 6.04 Å².